The minimum atomic E-state index is -1.64. The molecule has 0 amide bonds. The smallest absolute Gasteiger partial charge is 0.270 e. The maximum atomic E-state index is 11.3. The number of benzene rings is 1. The average molecular weight is 393 g/mol. The van der Waals surface area contributed by atoms with Gasteiger partial charge in [-0.15, -0.1) is 0 Å². The molecule has 2 rings (SSSR count). The van der Waals surface area contributed by atoms with Gasteiger partial charge in [-0.05, 0) is 36.6 Å². The second-order valence-electron chi connectivity index (χ2n) is 9.46. The van der Waals surface area contributed by atoms with Crippen molar-refractivity contribution in [3.05, 3.63) is 33.9 Å². The summed E-state index contributed by atoms with van der Waals surface area (Å²) < 4.78 is 6.39. The van der Waals surface area contributed by atoms with Gasteiger partial charge in [-0.1, -0.05) is 40.4 Å². The number of aromatic nitrogens is 1. The molecule has 0 radical (unpaired) electrons. The van der Waals surface area contributed by atoms with E-state index in [2.05, 4.69) is 58.5 Å². The predicted octanol–water partition coefficient (Wildman–Crippen LogP) is 4.58. The zero-order valence-electron chi connectivity index (χ0n) is 17.3. The molecule has 2 aromatic rings. The SMILES string of the molecule is C[SiH](C)OC(Cc1c([Si](C)(C)C)[nH]c2ccc([N+](=O)[O-])cc12)C(C)(C)C. The van der Waals surface area contributed by atoms with Gasteiger partial charge in [-0.25, -0.2) is 0 Å². The molecule has 1 aromatic carbocycles. The molecule has 1 aromatic heterocycles. The molecule has 0 fully saturated rings. The van der Waals surface area contributed by atoms with E-state index in [1.165, 1.54) is 10.9 Å². The summed E-state index contributed by atoms with van der Waals surface area (Å²) in [6, 6.07) is 5.14. The van der Waals surface area contributed by atoms with Crippen LogP contribution in [0.2, 0.25) is 32.7 Å². The van der Waals surface area contributed by atoms with Crippen LogP contribution in [0.1, 0.15) is 26.3 Å². The molecule has 0 aliphatic heterocycles. The fourth-order valence-corrected chi connectivity index (χ4v) is 6.09. The summed E-state index contributed by atoms with van der Waals surface area (Å²) in [4.78, 5) is 14.5. The number of nitro benzene ring substituents is 1. The van der Waals surface area contributed by atoms with Crippen LogP contribution in [-0.4, -0.2) is 33.1 Å². The van der Waals surface area contributed by atoms with E-state index < -0.39 is 17.1 Å². The first-order valence-corrected chi connectivity index (χ1v) is 15.5. The highest BCUT2D eigenvalue weighted by atomic mass is 28.3. The van der Waals surface area contributed by atoms with Crippen LogP contribution >= 0.6 is 0 Å². The van der Waals surface area contributed by atoms with Crippen molar-refractivity contribution in [3.63, 3.8) is 0 Å². The molecular weight excluding hydrogens is 360 g/mol. The lowest BCUT2D eigenvalue weighted by atomic mass is 9.85. The Morgan fingerprint density at radius 1 is 1.27 bits per heavy atom. The quantitative estimate of drug-likeness (QED) is 0.444. The summed E-state index contributed by atoms with van der Waals surface area (Å²) in [7, 11) is -2.84. The summed E-state index contributed by atoms with van der Waals surface area (Å²) in [5, 5.41) is 13.5. The Labute approximate surface area is 159 Å². The van der Waals surface area contributed by atoms with Gasteiger partial charge >= 0.3 is 0 Å². The summed E-state index contributed by atoms with van der Waals surface area (Å²) in [5.74, 6) is 0. The molecule has 144 valence electrons. The lowest BCUT2D eigenvalue weighted by molar-refractivity contribution is -0.384. The van der Waals surface area contributed by atoms with Gasteiger partial charge in [0.15, 0.2) is 9.04 Å². The molecule has 1 N–H and O–H groups in total. The number of nitrogens with one attached hydrogen (secondary N) is 1. The third kappa shape index (κ3) is 4.63. The third-order valence-corrected chi connectivity index (χ3v) is 7.44. The maximum Gasteiger partial charge on any atom is 0.270 e. The Morgan fingerprint density at radius 3 is 2.35 bits per heavy atom. The number of hydrogen-bond donors (Lipinski definition) is 1. The summed E-state index contributed by atoms with van der Waals surface area (Å²) >= 11 is 0. The highest BCUT2D eigenvalue weighted by Crippen LogP contribution is 2.31. The van der Waals surface area contributed by atoms with Crippen molar-refractivity contribution in [2.75, 3.05) is 0 Å². The fraction of sp³-hybridized carbons (Fsp3) is 0.579. The van der Waals surface area contributed by atoms with Crippen molar-refractivity contribution >= 4 is 39.0 Å². The zero-order chi connectivity index (χ0) is 19.9. The monoisotopic (exact) mass is 392 g/mol. The van der Waals surface area contributed by atoms with Crippen LogP contribution in [0.5, 0.6) is 0 Å². The van der Waals surface area contributed by atoms with E-state index in [0.29, 0.717) is 0 Å². The lowest BCUT2D eigenvalue weighted by Crippen LogP contribution is -2.43. The Kier molecular flexibility index (Phi) is 5.85. The molecule has 26 heavy (non-hydrogen) atoms. The van der Waals surface area contributed by atoms with Crippen LogP contribution in [0, 0.1) is 15.5 Å². The van der Waals surface area contributed by atoms with Gasteiger partial charge in [-0.2, -0.15) is 0 Å². The first-order chi connectivity index (χ1) is 11.8. The zero-order valence-corrected chi connectivity index (χ0v) is 19.4. The van der Waals surface area contributed by atoms with E-state index >= 15 is 0 Å². The molecule has 7 heteroatoms. The number of H-pyrrole nitrogens is 1. The maximum absolute atomic E-state index is 11.3. The molecule has 0 spiro atoms. The topological polar surface area (TPSA) is 68.2 Å². The van der Waals surface area contributed by atoms with Crippen LogP contribution in [0.25, 0.3) is 10.9 Å². The van der Waals surface area contributed by atoms with Crippen molar-refractivity contribution in [2.45, 2.75) is 66.0 Å². The standard InChI is InChI=1S/C19H32N2O3Si2/c1-19(2,3)17(24-25(4)5)12-15-14-11-13(21(22)23)9-10-16(14)20-18(15)26(6,7)8/h9-11,17,20,25H,12H2,1-8H3. The van der Waals surface area contributed by atoms with Gasteiger partial charge in [-0.3, -0.25) is 10.1 Å². The second-order valence-corrected chi connectivity index (χ2v) is 16.8. The van der Waals surface area contributed by atoms with Crippen molar-refractivity contribution in [2.24, 2.45) is 5.41 Å². The third-order valence-electron chi connectivity index (χ3n) is 4.64. The van der Waals surface area contributed by atoms with Gasteiger partial charge in [0.25, 0.3) is 5.69 Å². The van der Waals surface area contributed by atoms with Crippen LogP contribution in [-0.2, 0) is 10.8 Å². The highest BCUT2D eigenvalue weighted by molar-refractivity contribution is 6.88. The van der Waals surface area contributed by atoms with Gasteiger partial charge in [0, 0.05) is 28.4 Å². The van der Waals surface area contributed by atoms with Crippen LogP contribution < -0.4 is 5.32 Å². The number of hydrogen-bond acceptors (Lipinski definition) is 3. The van der Waals surface area contributed by atoms with E-state index in [9.17, 15) is 10.1 Å². The first-order valence-electron chi connectivity index (χ1n) is 9.25. The molecule has 0 saturated heterocycles. The van der Waals surface area contributed by atoms with E-state index in [0.717, 1.165) is 17.3 Å². The Balaban J connectivity index is 2.64. The molecule has 0 bridgehead atoms. The van der Waals surface area contributed by atoms with E-state index in [4.69, 9.17) is 4.43 Å². The Hall–Kier alpha value is -1.45. The number of nitro groups is 1. The van der Waals surface area contributed by atoms with Crippen molar-refractivity contribution < 1.29 is 9.35 Å². The second kappa shape index (κ2) is 7.29. The number of rotatable bonds is 6. The van der Waals surface area contributed by atoms with Crippen LogP contribution in [0.3, 0.4) is 0 Å². The number of nitrogens with zero attached hydrogens (tertiary/aromatic N) is 1. The molecular formula is C19H32N2O3Si2. The molecule has 5 nitrogen and oxygen atoms in total. The number of aromatic amines is 1. The number of fused-ring (bicyclic) bond motifs is 1. The van der Waals surface area contributed by atoms with Crippen molar-refractivity contribution in [1.29, 1.82) is 0 Å². The van der Waals surface area contributed by atoms with E-state index in [1.54, 1.807) is 12.1 Å². The van der Waals surface area contributed by atoms with E-state index in [1.807, 2.05) is 6.07 Å². The Morgan fingerprint density at radius 2 is 1.88 bits per heavy atom. The van der Waals surface area contributed by atoms with Gasteiger partial charge < -0.3 is 9.41 Å². The minimum absolute atomic E-state index is 0.0122. The molecule has 0 saturated carbocycles. The Bertz CT molecular complexity index is 801. The molecule has 1 unspecified atom stereocenters. The lowest BCUT2D eigenvalue weighted by Gasteiger charge is -2.33. The average Bonchev–Trinajstić information content (AvgIpc) is 2.83. The van der Waals surface area contributed by atoms with Gasteiger partial charge in [0.05, 0.1) is 19.1 Å². The fourth-order valence-electron chi connectivity index (χ4n) is 3.27. The molecule has 1 atom stereocenters. The molecule has 0 aliphatic carbocycles. The highest BCUT2D eigenvalue weighted by Gasteiger charge is 2.32. The van der Waals surface area contributed by atoms with Gasteiger partial charge in [0.1, 0.15) is 0 Å². The summed E-state index contributed by atoms with van der Waals surface area (Å²) in [5.41, 5.74) is 2.35. The van der Waals surface area contributed by atoms with Gasteiger partial charge in [0.2, 0.25) is 0 Å². The molecule has 1 heterocycles. The largest absolute Gasteiger partial charge is 0.417 e. The van der Waals surface area contributed by atoms with E-state index in [-0.39, 0.29) is 22.1 Å². The first kappa shape index (κ1) is 20.9. The van der Waals surface area contributed by atoms with Crippen molar-refractivity contribution in [3.8, 4) is 0 Å². The van der Waals surface area contributed by atoms with Crippen LogP contribution in [0.4, 0.5) is 5.69 Å². The summed E-state index contributed by atoms with van der Waals surface area (Å²) in [6.45, 7) is 17.9. The van der Waals surface area contributed by atoms with Crippen LogP contribution in [0.15, 0.2) is 18.2 Å². The predicted molar refractivity (Wildman–Crippen MR) is 115 cm³/mol. The number of non-ortho nitro benzene ring substituents is 1. The summed E-state index contributed by atoms with van der Waals surface area (Å²) in [6.07, 6.45) is 0.887. The van der Waals surface area contributed by atoms with Crippen molar-refractivity contribution in [1.82, 2.24) is 4.98 Å². The molecule has 0 aliphatic rings. The normalized spacial score (nSPS) is 14.2. The minimum Gasteiger partial charge on any atom is -0.417 e.